The Hall–Kier alpha value is 0.0300. The van der Waals surface area contributed by atoms with Crippen molar-refractivity contribution in [3.63, 3.8) is 0 Å². The van der Waals surface area contributed by atoms with Gasteiger partial charge < -0.3 is 14.1 Å². The number of likely N-dealkylation sites (N-methyl/N-ethyl adjacent to an activating group) is 1. The minimum atomic E-state index is -3.99. The molecular weight excluding hydrogens is 305 g/mol. The molecule has 0 radical (unpaired) electrons. The lowest BCUT2D eigenvalue weighted by molar-refractivity contribution is -0.870. The van der Waals surface area contributed by atoms with Gasteiger partial charge in [0.15, 0.2) is 0 Å². The fourth-order valence-electron chi connectivity index (χ4n) is 1.89. The van der Waals surface area contributed by atoms with Crippen molar-refractivity contribution in [1.29, 1.82) is 0 Å². The van der Waals surface area contributed by atoms with Crippen LogP contribution in [0.4, 0.5) is 0 Å². The zero-order valence-corrected chi connectivity index (χ0v) is 15.8. The third-order valence-corrected chi connectivity index (χ3v) is 4.21. The van der Waals surface area contributed by atoms with Gasteiger partial charge in [-0.15, -0.1) is 0 Å². The molecule has 0 saturated carbocycles. The molecule has 2 unspecified atom stereocenters. The summed E-state index contributed by atoms with van der Waals surface area (Å²) in [5.74, 6) is 0. The lowest BCUT2D eigenvalue weighted by atomic mass is 10.1. The van der Waals surface area contributed by atoms with E-state index >= 15 is 0 Å². The van der Waals surface area contributed by atoms with Crippen molar-refractivity contribution < 1.29 is 27.7 Å². The summed E-state index contributed by atoms with van der Waals surface area (Å²) in [7, 11) is 1.99. The van der Waals surface area contributed by atoms with Crippen molar-refractivity contribution in [1.82, 2.24) is 0 Å². The van der Waals surface area contributed by atoms with Gasteiger partial charge in [-0.3, -0.25) is 9.05 Å². The molecule has 0 saturated heterocycles. The Kier molecular flexibility index (Phi) is 11.6. The standard InChI is InChI=1S/C15H34NO5P/c1-6-8-9-10-11-15(19-7-2)14-21-22(17,18)20-13-12-16(3,4)5/h15H,6-14H2,1-5H3/p+1. The van der Waals surface area contributed by atoms with Gasteiger partial charge >= 0.3 is 7.82 Å². The van der Waals surface area contributed by atoms with Gasteiger partial charge in [-0.25, -0.2) is 4.57 Å². The SMILES string of the molecule is CCCCCCC(COP(=O)(O)OCC[N+](C)(C)C)OCC. The van der Waals surface area contributed by atoms with Crippen molar-refractivity contribution in [3.05, 3.63) is 0 Å². The highest BCUT2D eigenvalue weighted by Gasteiger charge is 2.24. The Labute approximate surface area is 136 Å². The van der Waals surface area contributed by atoms with E-state index in [4.69, 9.17) is 13.8 Å². The molecule has 7 heteroatoms. The van der Waals surface area contributed by atoms with Crippen LogP contribution in [0.3, 0.4) is 0 Å². The fourth-order valence-corrected chi connectivity index (χ4v) is 2.64. The van der Waals surface area contributed by atoms with Gasteiger partial charge in [-0.1, -0.05) is 32.6 Å². The monoisotopic (exact) mass is 340 g/mol. The largest absolute Gasteiger partial charge is 0.472 e. The van der Waals surface area contributed by atoms with E-state index in [1.54, 1.807) is 0 Å². The lowest BCUT2D eigenvalue weighted by Crippen LogP contribution is -2.37. The van der Waals surface area contributed by atoms with Crippen molar-refractivity contribution in [2.75, 3.05) is 47.5 Å². The zero-order valence-electron chi connectivity index (χ0n) is 14.9. The Balaban J connectivity index is 4.06. The van der Waals surface area contributed by atoms with Crippen LogP contribution >= 0.6 is 7.82 Å². The first-order chi connectivity index (χ1) is 10.2. The second-order valence-corrected chi connectivity index (χ2v) is 7.99. The summed E-state index contributed by atoms with van der Waals surface area (Å²) in [6.07, 6.45) is 5.27. The Bertz CT molecular complexity index is 320. The highest BCUT2D eigenvalue weighted by molar-refractivity contribution is 7.47. The van der Waals surface area contributed by atoms with E-state index in [-0.39, 0.29) is 19.3 Å². The van der Waals surface area contributed by atoms with Gasteiger partial charge in [-0.2, -0.15) is 0 Å². The number of rotatable bonds is 14. The number of hydrogen-bond acceptors (Lipinski definition) is 4. The summed E-state index contributed by atoms with van der Waals surface area (Å²) in [5, 5.41) is 0. The maximum Gasteiger partial charge on any atom is 0.472 e. The molecule has 22 heavy (non-hydrogen) atoms. The van der Waals surface area contributed by atoms with E-state index in [1.165, 1.54) is 12.8 Å². The molecule has 0 heterocycles. The molecule has 0 rings (SSSR count). The molecule has 0 aromatic carbocycles. The average molecular weight is 340 g/mol. The zero-order chi connectivity index (χ0) is 17.1. The summed E-state index contributed by atoms with van der Waals surface area (Å²) in [5.41, 5.74) is 0. The highest BCUT2D eigenvalue weighted by atomic mass is 31.2. The number of ether oxygens (including phenoxy) is 1. The number of hydrogen-bond donors (Lipinski definition) is 1. The van der Waals surface area contributed by atoms with Gasteiger partial charge in [-0.05, 0) is 13.3 Å². The number of phosphoric acid groups is 1. The van der Waals surface area contributed by atoms with Crippen LogP contribution in [0.1, 0.15) is 46.0 Å². The van der Waals surface area contributed by atoms with Crippen molar-refractivity contribution in [2.45, 2.75) is 52.1 Å². The van der Waals surface area contributed by atoms with Crippen LogP contribution in [0, 0.1) is 0 Å². The number of unbranched alkanes of at least 4 members (excludes halogenated alkanes) is 3. The van der Waals surface area contributed by atoms with Crippen molar-refractivity contribution >= 4 is 7.82 Å². The Morgan fingerprint density at radius 1 is 1.09 bits per heavy atom. The van der Waals surface area contributed by atoms with Crippen LogP contribution in [0.5, 0.6) is 0 Å². The molecule has 1 N–H and O–H groups in total. The number of nitrogens with zero attached hydrogens (tertiary/aromatic N) is 1. The molecule has 134 valence electrons. The predicted molar refractivity (Wildman–Crippen MR) is 88.8 cm³/mol. The molecule has 0 aliphatic rings. The molecule has 0 spiro atoms. The second kappa shape index (κ2) is 11.5. The topological polar surface area (TPSA) is 65.0 Å². The quantitative estimate of drug-likeness (QED) is 0.299. The smallest absolute Gasteiger partial charge is 0.376 e. The molecule has 0 bridgehead atoms. The van der Waals surface area contributed by atoms with Gasteiger partial charge in [0.05, 0.1) is 33.9 Å². The van der Waals surface area contributed by atoms with E-state index < -0.39 is 7.82 Å². The molecule has 0 aliphatic carbocycles. The first-order valence-electron chi connectivity index (χ1n) is 8.24. The second-order valence-electron chi connectivity index (χ2n) is 6.54. The summed E-state index contributed by atoms with van der Waals surface area (Å²) in [4.78, 5) is 9.69. The van der Waals surface area contributed by atoms with Gasteiger partial charge in [0.2, 0.25) is 0 Å². The minimum Gasteiger partial charge on any atom is -0.376 e. The van der Waals surface area contributed by atoms with Crippen LogP contribution in [0.25, 0.3) is 0 Å². The molecule has 0 aliphatic heterocycles. The van der Waals surface area contributed by atoms with Crippen LogP contribution in [-0.2, 0) is 18.3 Å². The van der Waals surface area contributed by atoms with Crippen molar-refractivity contribution in [3.8, 4) is 0 Å². The summed E-state index contributed by atoms with van der Waals surface area (Å²) < 4.78 is 28.1. The first-order valence-corrected chi connectivity index (χ1v) is 9.73. The molecule has 0 fully saturated rings. The maximum atomic E-state index is 11.8. The Morgan fingerprint density at radius 2 is 1.77 bits per heavy atom. The number of quaternary nitrogens is 1. The molecular formula is C15H35NO5P+. The van der Waals surface area contributed by atoms with Gasteiger partial charge in [0.1, 0.15) is 13.2 Å². The molecule has 2 atom stereocenters. The van der Waals surface area contributed by atoms with Crippen LogP contribution < -0.4 is 0 Å². The Morgan fingerprint density at radius 3 is 2.32 bits per heavy atom. The molecule has 6 nitrogen and oxygen atoms in total. The number of phosphoric ester groups is 1. The van der Waals surface area contributed by atoms with E-state index in [1.807, 2.05) is 28.1 Å². The van der Waals surface area contributed by atoms with E-state index in [0.717, 1.165) is 19.3 Å². The summed E-state index contributed by atoms with van der Waals surface area (Å²) in [6.45, 7) is 5.57. The predicted octanol–water partition coefficient (Wildman–Crippen LogP) is 3.20. The maximum absolute atomic E-state index is 11.8. The third-order valence-electron chi connectivity index (χ3n) is 3.22. The van der Waals surface area contributed by atoms with Crippen LogP contribution in [0.2, 0.25) is 0 Å². The summed E-state index contributed by atoms with van der Waals surface area (Å²) >= 11 is 0. The van der Waals surface area contributed by atoms with E-state index in [0.29, 0.717) is 17.6 Å². The molecule has 0 aromatic heterocycles. The fraction of sp³-hybridized carbons (Fsp3) is 1.00. The normalized spacial score (nSPS) is 16.5. The van der Waals surface area contributed by atoms with E-state index in [2.05, 4.69) is 6.92 Å². The van der Waals surface area contributed by atoms with Gasteiger partial charge in [0, 0.05) is 6.61 Å². The third kappa shape index (κ3) is 13.7. The van der Waals surface area contributed by atoms with Gasteiger partial charge in [0.25, 0.3) is 0 Å². The molecule has 0 amide bonds. The van der Waals surface area contributed by atoms with Crippen LogP contribution in [-0.4, -0.2) is 63.0 Å². The van der Waals surface area contributed by atoms with Crippen LogP contribution in [0.15, 0.2) is 0 Å². The van der Waals surface area contributed by atoms with Crippen molar-refractivity contribution in [2.24, 2.45) is 0 Å². The highest BCUT2D eigenvalue weighted by Crippen LogP contribution is 2.43. The first kappa shape index (κ1) is 22.0. The lowest BCUT2D eigenvalue weighted by Gasteiger charge is -2.24. The van der Waals surface area contributed by atoms with E-state index in [9.17, 15) is 9.46 Å². The minimum absolute atomic E-state index is 0.0954. The average Bonchev–Trinajstić information content (AvgIpc) is 2.39. The molecule has 0 aromatic rings. The summed E-state index contributed by atoms with van der Waals surface area (Å²) in [6, 6.07) is 0.